The van der Waals surface area contributed by atoms with Crippen LogP contribution in [-0.4, -0.2) is 59.4 Å². The number of nitrogens with two attached hydrogens (primary N) is 2. The third-order valence-electron chi connectivity index (χ3n) is 14.6. The average molecular weight is 619 g/mol. The molecular formula is C34H54N2O8. The standard InChI is InChI=1S/C34H54N2O8/c1-17-15-19(25(30(5,6)40)41-18(2)37)42-24-23(17)31(7)13-14-34-16-33(34)12-11-22(43-27(35)38)29(3,4)20(33)9-10-21(34)32(31,8)26(24)44-28(36)39/h17,19-26,40H,9-16H2,1-8H3,(H2,35,38)(H2,36,39)/t17-,19?,20+,21?,22+,23+,24?,25+,26+,31-,32-,33-,34+/m1/s1. The summed E-state index contributed by atoms with van der Waals surface area (Å²) in [5.41, 5.74) is 9.47. The molecule has 3 unspecified atom stereocenters. The number of hydrogen-bond acceptors (Lipinski definition) is 8. The topological polar surface area (TPSA) is 160 Å². The summed E-state index contributed by atoms with van der Waals surface area (Å²) in [4.78, 5) is 36.5. The van der Waals surface area contributed by atoms with Crippen LogP contribution in [0.1, 0.15) is 107 Å². The summed E-state index contributed by atoms with van der Waals surface area (Å²) in [5.74, 6) is 0.512. The van der Waals surface area contributed by atoms with Crippen molar-refractivity contribution in [3.63, 3.8) is 0 Å². The van der Waals surface area contributed by atoms with Crippen LogP contribution in [0.15, 0.2) is 0 Å². The number of fused-ring (bicyclic) bond motifs is 4. The average Bonchev–Trinajstić information content (AvgIpc) is 3.51. The SMILES string of the molecule is CC(=O)O[C@@H](C1C[C@@H](C)[C@H]2C(O1)[C@H](OC(N)=O)[C@@]1(C)C3CC[C@H]4C(C)(C)[C@@H](OC(N)=O)CC[C@@]45C[C@@]35CC[C@]21C)C(C)(C)O. The van der Waals surface area contributed by atoms with Gasteiger partial charge in [0.15, 0.2) is 6.10 Å². The summed E-state index contributed by atoms with van der Waals surface area (Å²) in [6.07, 6.45) is 3.53. The monoisotopic (exact) mass is 618 g/mol. The highest BCUT2D eigenvalue weighted by Gasteiger charge is 2.85. The number of carbonyl (C=O) groups excluding carboxylic acids is 3. The molecule has 0 aromatic heterocycles. The van der Waals surface area contributed by atoms with Crippen molar-refractivity contribution >= 4 is 18.2 Å². The number of aliphatic hydroxyl groups is 1. The first-order valence-corrected chi connectivity index (χ1v) is 16.7. The zero-order chi connectivity index (χ0) is 32.4. The third-order valence-corrected chi connectivity index (χ3v) is 14.6. The first-order chi connectivity index (χ1) is 20.3. The maximum atomic E-state index is 12.6. The Morgan fingerprint density at radius 3 is 2.14 bits per heavy atom. The molecule has 10 nitrogen and oxygen atoms in total. The second-order valence-electron chi connectivity index (χ2n) is 17.1. The highest BCUT2D eigenvalue weighted by Crippen LogP contribution is 2.89. The van der Waals surface area contributed by atoms with Gasteiger partial charge in [0.1, 0.15) is 12.2 Å². The second-order valence-corrected chi connectivity index (χ2v) is 17.1. The van der Waals surface area contributed by atoms with Crippen molar-refractivity contribution in [1.82, 2.24) is 0 Å². The first-order valence-electron chi connectivity index (χ1n) is 16.7. The summed E-state index contributed by atoms with van der Waals surface area (Å²) < 4.78 is 24.4. The van der Waals surface area contributed by atoms with Crippen LogP contribution in [0.25, 0.3) is 0 Å². The van der Waals surface area contributed by atoms with Crippen molar-refractivity contribution in [2.24, 2.45) is 62.2 Å². The molecule has 10 heteroatoms. The van der Waals surface area contributed by atoms with Gasteiger partial charge in [0.25, 0.3) is 0 Å². The summed E-state index contributed by atoms with van der Waals surface area (Å²) in [6.45, 7) is 16.0. The van der Waals surface area contributed by atoms with Crippen molar-refractivity contribution in [2.45, 2.75) is 143 Å². The summed E-state index contributed by atoms with van der Waals surface area (Å²) in [6, 6.07) is 0. The number of primary amides is 2. The maximum Gasteiger partial charge on any atom is 0.404 e. The zero-order valence-electron chi connectivity index (χ0n) is 27.8. The van der Waals surface area contributed by atoms with Crippen molar-refractivity contribution in [1.29, 1.82) is 0 Å². The van der Waals surface area contributed by atoms with Crippen molar-refractivity contribution in [2.75, 3.05) is 0 Å². The summed E-state index contributed by atoms with van der Waals surface area (Å²) in [5, 5.41) is 11.0. The van der Waals surface area contributed by atoms with Gasteiger partial charge in [-0.2, -0.15) is 0 Å². The Hall–Kier alpha value is -2.07. The molecule has 2 amide bonds. The predicted octanol–water partition coefficient (Wildman–Crippen LogP) is 5.07. The number of esters is 1. The fourth-order valence-electron chi connectivity index (χ4n) is 13.0. The van der Waals surface area contributed by atoms with Crippen molar-refractivity contribution < 1.29 is 38.4 Å². The molecule has 13 atom stereocenters. The van der Waals surface area contributed by atoms with E-state index in [2.05, 4.69) is 34.6 Å². The molecule has 0 bridgehead atoms. The number of hydrogen-bond donors (Lipinski definition) is 3. The lowest BCUT2D eigenvalue weighted by Crippen LogP contribution is -2.60. The number of amides is 2. The first kappa shape index (κ1) is 31.9. The number of rotatable bonds is 5. The molecule has 0 radical (unpaired) electrons. The van der Waals surface area contributed by atoms with E-state index < -0.39 is 53.6 Å². The highest BCUT2D eigenvalue weighted by atomic mass is 16.6. The molecule has 1 aliphatic heterocycles. The molecule has 6 rings (SSSR count). The quantitative estimate of drug-likeness (QED) is 0.284. The molecule has 1 saturated heterocycles. The van der Waals surface area contributed by atoms with E-state index in [4.69, 9.17) is 30.4 Å². The predicted molar refractivity (Wildman–Crippen MR) is 161 cm³/mol. The van der Waals surface area contributed by atoms with E-state index in [0.717, 1.165) is 44.9 Å². The molecule has 0 aromatic rings. The summed E-state index contributed by atoms with van der Waals surface area (Å²) >= 11 is 0. The Morgan fingerprint density at radius 2 is 1.55 bits per heavy atom. The Labute approximate surface area is 261 Å². The molecular weight excluding hydrogens is 564 g/mol. The van der Waals surface area contributed by atoms with Gasteiger partial charge >= 0.3 is 18.2 Å². The highest BCUT2D eigenvalue weighted by molar-refractivity contribution is 5.66. The van der Waals surface area contributed by atoms with E-state index in [-0.39, 0.29) is 39.6 Å². The van der Waals surface area contributed by atoms with E-state index in [1.165, 1.54) is 6.92 Å². The molecule has 5 N–H and O–H groups in total. The molecule has 2 spiro atoms. The number of ether oxygens (including phenoxy) is 4. The van der Waals surface area contributed by atoms with Gasteiger partial charge in [0.05, 0.1) is 17.8 Å². The van der Waals surface area contributed by atoms with E-state index >= 15 is 0 Å². The lowest BCUT2D eigenvalue weighted by atomic mass is 9.41. The van der Waals surface area contributed by atoms with Crippen LogP contribution in [0.2, 0.25) is 0 Å². The fourth-order valence-corrected chi connectivity index (χ4v) is 13.0. The molecule has 1 heterocycles. The van der Waals surface area contributed by atoms with Gasteiger partial charge in [-0.15, -0.1) is 0 Å². The van der Waals surface area contributed by atoms with Gasteiger partial charge in [0, 0.05) is 17.8 Å². The Bertz CT molecular complexity index is 1230. The van der Waals surface area contributed by atoms with E-state index in [9.17, 15) is 19.5 Å². The Kier molecular flexibility index (Phi) is 7.05. The van der Waals surface area contributed by atoms with Crippen LogP contribution >= 0.6 is 0 Å². The molecule has 0 aromatic carbocycles. The van der Waals surface area contributed by atoms with Gasteiger partial charge in [-0.1, -0.05) is 34.6 Å². The molecule has 5 aliphatic carbocycles. The van der Waals surface area contributed by atoms with Crippen LogP contribution in [-0.2, 0) is 23.7 Å². The minimum atomic E-state index is -1.32. The fraction of sp³-hybridized carbons (Fsp3) is 0.912. The smallest absolute Gasteiger partial charge is 0.404 e. The van der Waals surface area contributed by atoms with Crippen molar-refractivity contribution in [3.8, 4) is 0 Å². The Morgan fingerprint density at radius 1 is 0.932 bits per heavy atom. The third kappa shape index (κ3) is 4.07. The second kappa shape index (κ2) is 9.72. The summed E-state index contributed by atoms with van der Waals surface area (Å²) in [7, 11) is 0. The van der Waals surface area contributed by atoms with Gasteiger partial charge in [-0.3, -0.25) is 4.79 Å². The zero-order valence-corrected chi connectivity index (χ0v) is 27.8. The van der Waals surface area contributed by atoms with Crippen LogP contribution in [0.3, 0.4) is 0 Å². The van der Waals surface area contributed by atoms with Crippen molar-refractivity contribution in [3.05, 3.63) is 0 Å². The van der Waals surface area contributed by atoms with Gasteiger partial charge in [0.2, 0.25) is 0 Å². The van der Waals surface area contributed by atoms with Crippen LogP contribution in [0.5, 0.6) is 0 Å². The van der Waals surface area contributed by atoms with Gasteiger partial charge in [-0.25, -0.2) is 9.59 Å². The van der Waals surface area contributed by atoms with Crippen LogP contribution in [0, 0.1) is 50.7 Å². The maximum absolute atomic E-state index is 12.6. The minimum Gasteiger partial charge on any atom is -0.457 e. The molecule has 6 fully saturated rings. The lowest BCUT2D eigenvalue weighted by Gasteiger charge is -2.63. The van der Waals surface area contributed by atoms with E-state index in [1.807, 2.05) is 0 Å². The van der Waals surface area contributed by atoms with E-state index in [0.29, 0.717) is 18.3 Å². The normalized spacial score (nSPS) is 49.1. The minimum absolute atomic E-state index is 0.105. The van der Waals surface area contributed by atoms with E-state index in [1.54, 1.807) is 13.8 Å². The molecule has 6 aliphatic rings. The van der Waals surface area contributed by atoms with Crippen LogP contribution in [0.4, 0.5) is 9.59 Å². The molecule has 248 valence electrons. The van der Waals surface area contributed by atoms with Gasteiger partial charge in [-0.05, 0) is 105 Å². The van der Waals surface area contributed by atoms with Gasteiger partial charge < -0.3 is 35.5 Å². The largest absolute Gasteiger partial charge is 0.457 e. The Balaban J connectivity index is 1.38. The number of carbonyl (C=O) groups is 3. The van der Waals surface area contributed by atoms with Crippen LogP contribution < -0.4 is 11.5 Å². The molecule has 44 heavy (non-hydrogen) atoms. The molecule has 5 saturated carbocycles. The lowest BCUT2D eigenvalue weighted by molar-refractivity contribution is -0.216.